The molecule has 126 valence electrons. The molecule has 3 rings (SSSR count). The monoisotopic (exact) mass is 344 g/mol. The number of aromatic nitrogens is 3. The fourth-order valence-corrected chi connectivity index (χ4v) is 3.15. The lowest BCUT2D eigenvalue weighted by atomic mass is 10.1. The van der Waals surface area contributed by atoms with E-state index in [0.29, 0.717) is 22.0 Å². The van der Waals surface area contributed by atoms with Crippen LogP contribution in [0.25, 0.3) is 10.2 Å². The zero-order chi connectivity index (χ0) is 17.5. The molecule has 6 nitrogen and oxygen atoms in total. The van der Waals surface area contributed by atoms with E-state index in [1.807, 2.05) is 45.9 Å². The maximum Gasteiger partial charge on any atom is 0.259 e. The largest absolute Gasteiger partial charge is 0.389 e. The summed E-state index contributed by atoms with van der Waals surface area (Å²) >= 11 is 1.44. The summed E-state index contributed by atoms with van der Waals surface area (Å²) < 4.78 is 2.78. The molecule has 3 aromatic rings. The molecule has 24 heavy (non-hydrogen) atoms. The highest BCUT2D eigenvalue weighted by molar-refractivity contribution is 7.18. The maximum absolute atomic E-state index is 12.6. The number of fused-ring (bicyclic) bond motifs is 1. The number of aryl methyl sites for hydroxylation is 1. The number of nitrogens with one attached hydrogen (secondary N) is 1. The third-order valence-electron chi connectivity index (χ3n) is 3.66. The van der Waals surface area contributed by atoms with Crippen LogP contribution in [0.4, 0.5) is 5.69 Å². The van der Waals surface area contributed by atoms with Gasteiger partial charge in [-0.1, -0.05) is 0 Å². The van der Waals surface area contributed by atoms with Crippen molar-refractivity contribution in [2.45, 2.75) is 39.8 Å². The molecule has 2 N–H and O–H groups in total. The van der Waals surface area contributed by atoms with Crippen molar-refractivity contribution in [1.29, 1.82) is 0 Å². The quantitative estimate of drug-likeness (QED) is 0.764. The van der Waals surface area contributed by atoms with Crippen LogP contribution in [0.1, 0.15) is 41.8 Å². The average molecular weight is 344 g/mol. The Bertz CT molecular complexity index is 905. The van der Waals surface area contributed by atoms with Crippen LogP contribution in [-0.2, 0) is 12.1 Å². The number of thiazole rings is 1. The molecule has 0 saturated carbocycles. The normalized spacial score (nSPS) is 11.9. The van der Waals surface area contributed by atoms with Crippen molar-refractivity contribution in [2.24, 2.45) is 0 Å². The first kappa shape index (κ1) is 16.6. The summed E-state index contributed by atoms with van der Waals surface area (Å²) in [6, 6.07) is 5.54. The summed E-state index contributed by atoms with van der Waals surface area (Å²) in [4.78, 5) is 16.9. The van der Waals surface area contributed by atoms with Gasteiger partial charge in [0.15, 0.2) is 0 Å². The van der Waals surface area contributed by atoms with Crippen LogP contribution < -0.4 is 5.32 Å². The van der Waals surface area contributed by atoms with Gasteiger partial charge in [0, 0.05) is 11.9 Å². The van der Waals surface area contributed by atoms with Gasteiger partial charge < -0.3 is 10.4 Å². The van der Waals surface area contributed by atoms with Crippen molar-refractivity contribution in [3.05, 3.63) is 40.7 Å². The van der Waals surface area contributed by atoms with Crippen LogP contribution in [-0.4, -0.2) is 25.8 Å². The number of carbonyl (C=O) groups excluding carboxylic acids is 1. The van der Waals surface area contributed by atoms with E-state index >= 15 is 0 Å². The first-order chi connectivity index (χ1) is 11.3. The number of carbonyl (C=O) groups is 1. The molecule has 2 aromatic heterocycles. The summed E-state index contributed by atoms with van der Waals surface area (Å²) in [5.74, 6) is -0.194. The third-order valence-corrected chi connectivity index (χ3v) is 4.68. The Balaban J connectivity index is 1.85. The minimum atomic E-state index is -0.194. The fourth-order valence-electron chi connectivity index (χ4n) is 2.35. The van der Waals surface area contributed by atoms with E-state index in [4.69, 9.17) is 5.11 Å². The molecular weight excluding hydrogens is 324 g/mol. The molecule has 0 aliphatic heterocycles. The van der Waals surface area contributed by atoms with E-state index in [9.17, 15) is 4.79 Å². The first-order valence-corrected chi connectivity index (χ1v) is 8.48. The molecular formula is C17H20N4O2S. The molecule has 0 fully saturated rings. The minimum absolute atomic E-state index is 0.0772. The highest BCUT2D eigenvalue weighted by Crippen LogP contribution is 2.25. The van der Waals surface area contributed by atoms with Gasteiger partial charge in [-0.05, 0) is 45.9 Å². The molecule has 0 bridgehead atoms. The summed E-state index contributed by atoms with van der Waals surface area (Å²) in [6.45, 7) is 7.86. The van der Waals surface area contributed by atoms with E-state index in [1.54, 1.807) is 10.9 Å². The van der Waals surface area contributed by atoms with Crippen molar-refractivity contribution in [2.75, 3.05) is 5.32 Å². The number of aliphatic hydroxyl groups excluding tert-OH is 1. The molecule has 2 heterocycles. The number of aliphatic hydroxyl groups is 1. The van der Waals surface area contributed by atoms with Crippen LogP contribution in [0.5, 0.6) is 0 Å². The standard InChI is InChI=1S/C17H20N4O2S/c1-10-12(8-21(20-10)17(2,3)4)16(23)18-11-5-6-14-13(7-11)19-15(9-22)24-14/h5-8,22H,9H2,1-4H3,(H,18,23). The van der Waals surface area contributed by atoms with Crippen LogP contribution in [0.2, 0.25) is 0 Å². The second kappa shape index (κ2) is 5.99. The Morgan fingerprint density at radius 1 is 1.38 bits per heavy atom. The zero-order valence-corrected chi connectivity index (χ0v) is 14.9. The van der Waals surface area contributed by atoms with E-state index in [1.165, 1.54) is 11.3 Å². The third kappa shape index (κ3) is 3.18. The number of hydrogen-bond donors (Lipinski definition) is 2. The van der Waals surface area contributed by atoms with E-state index in [2.05, 4.69) is 15.4 Å². The summed E-state index contributed by atoms with van der Waals surface area (Å²) in [7, 11) is 0. The van der Waals surface area contributed by atoms with E-state index < -0.39 is 0 Å². The topological polar surface area (TPSA) is 80.0 Å². The average Bonchev–Trinajstić information content (AvgIpc) is 3.09. The second-order valence-electron chi connectivity index (χ2n) is 6.65. The summed E-state index contributed by atoms with van der Waals surface area (Å²) in [6.07, 6.45) is 1.77. The Labute approximate surface area is 144 Å². The highest BCUT2D eigenvalue weighted by atomic mass is 32.1. The molecule has 0 atom stereocenters. The maximum atomic E-state index is 12.6. The van der Waals surface area contributed by atoms with Crippen molar-refractivity contribution >= 4 is 33.1 Å². The van der Waals surface area contributed by atoms with Gasteiger partial charge in [0.2, 0.25) is 0 Å². The number of anilines is 1. The number of benzene rings is 1. The lowest BCUT2D eigenvalue weighted by Crippen LogP contribution is -2.22. The van der Waals surface area contributed by atoms with Crippen LogP contribution in [0.15, 0.2) is 24.4 Å². The van der Waals surface area contributed by atoms with E-state index in [-0.39, 0.29) is 18.1 Å². The Kier molecular flexibility index (Phi) is 4.15. The van der Waals surface area contributed by atoms with Crippen molar-refractivity contribution in [3.63, 3.8) is 0 Å². The highest BCUT2D eigenvalue weighted by Gasteiger charge is 2.20. The molecule has 0 aliphatic carbocycles. The fraction of sp³-hybridized carbons (Fsp3) is 0.353. The SMILES string of the molecule is Cc1nn(C(C)(C)C)cc1C(=O)Nc1ccc2sc(CO)nc2c1. The number of nitrogens with zero attached hydrogens (tertiary/aromatic N) is 3. The zero-order valence-electron chi connectivity index (χ0n) is 14.1. The first-order valence-electron chi connectivity index (χ1n) is 7.66. The van der Waals surface area contributed by atoms with Gasteiger partial charge in [-0.25, -0.2) is 4.98 Å². The molecule has 0 aliphatic rings. The van der Waals surface area contributed by atoms with Gasteiger partial charge in [-0.2, -0.15) is 5.10 Å². The van der Waals surface area contributed by atoms with Crippen LogP contribution in [0.3, 0.4) is 0 Å². The van der Waals surface area contributed by atoms with Crippen LogP contribution in [0, 0.1) is 6.92 Å². The van der Waals surface area contributed by atoms with Crippen molar-refractivity contribution < 1.29 is 9.90 Å². The number of hydrogen-bond acceptors (Lipinski definition) is 5. The molecule has 0 unspecified atom stereocenters. The molecule has 7 heteroatoms. The van der Waals surface area contributed by atoms with Gasteiger partial charge in [0.25, 0.3) is 5.91 Å². The van der Waals surface area contributed by atoms with Crippen molar-refractivity contribution in [1.82, 2.24) is 14.8 Å². The van der Waals surface area contributed by atoms with Gasteiger partial charge in [-0.3, -0.25) is 9.48 Å². The van der Waals surface area contributed by atoms with Crippen LogP contribution >= 0.6 is 11.3 Å². The lowest BCUT2D eigenvalue weighted by Gasteiger charge is -2.18. The Hall–Kier alpha value is -2.25. The van der Waals surface area contributed by atoms with Gasteiger partial charge in [0.05, 0.1) is 33.6 Å². The van der Waals surface area contributed by atoms with Crippen molar-refractivity contribution in [3.8, 4) is 0 Å². The molecule has 1 aromatic carbocycles. The molecule has 0 radical (unpaired) electrons. The molecule has 0 spiro atoms. The smallest absolute Gasteiger partial charge is 0.259 e. The summed E-state index contributed by atoms with van der Waals surface area (Å²) in [5, 5.41) is 17.2. The number of rotatable bonds is 3. The second-order valence-corrected chi connectivity index (χ2v) is 7.76. The van der Waals surface area contributed by atoms with Gasteiger partial charge >= 0.3 is 0 Å². The minimum Gasteiger partial charge on any atom is -0.389 e. The Morgan fingerprint density at radius 2 is 2.12 bits per heavy atom. The lowest BCUT2D eigenvalue weighted by molar-refractivity contribution is 0.102. The Morgan fingerprint density at radius 3 is 2.75 bits per heavy atom. The predicted molar refractivity (Wildman–Crippen MR) is 95.5 cm³/mol. The van der Waals surface area contributed by atoms with E-state index in [0.717, 1.165) is 10.2 Å². The number of amides is 1. The molecule has 0 saturated heterocycles. The van der Waals surface area contributed by atoms with Gasteiger partial charge in [-0.15, -0.1) is 11.3 Å². The predicted octanol–water partition coefficient (Wildman–Crippen LogP) is 3.30. The summed E-state index contributed by atoms with van der Waals surface area (Å²) in [5.41, 5.74) is 2.51. The van der Waals surface area contributed by atoms with Gasteiger partial charge in [0.1, 0.15) is 5.01 Å². The molecule has 1 amide bonds.